The van der Waals surface area contributed by atoms with Gasteiger partial charge in [0.05, 0.1) is 34.9 Å². The molecule has 2 rings (SSSR count). The fraction of sp³-hybridized carbons (Fsp3) is 0.385. The number of methoxy groups -OCH3 is 4. The van der Waals surface area contributed by atoms with Crippen LogP contribution in [0.5, 0.6) is 17.2 Å². The first-order valence-electron chi connectivity index (χ1n) is 11.6. The van der Waals surface area contributed by atoms with Crippen molar-refractivity contribution in [2.45, 2.75) is 25.3 Å². The van der Waals surface area contributed by atoms with E-state index in [9.17, 15) is 19.2 Å². The molecule has 0 saturated heterocycles. The molecule has 11 heteroatoms. The molecule has 0 fully saturated rings. The van der Waals surface area contributed by atoms with Crippen LogP contribution in [-0.2, 0) is 25.5 Å². The van der Waals surface area contributed by atoms with E-state index in [-0.39, 0.29) is 37.9 Å². The van der Waals surface area contributed by atoms with Gasteiger partial charge in [-0.05, 0) is 17.7 Å². The third-order valence-corrected chi connectivity index (χ3v) is 5.35. The topological polar surface area (TPSA) is 141 Å². The van der Waals surface area contributed by atoms with Gasteiger partial charge in [0.1, 0.15) is 6.04 Å². The molecule has 200 valence electrons. The van der Waals surface area contributed by atoms with E-state index in [4.69, 9.17) is 14.2 Å². The van der Waals surface area contributed by atoms with Crippen molar-refractivity contribution in [2.75, 3.05) is 41.5 Å². The fourth-order valence-corrected chi connectivity index (χ4v) is 3.44. The van der Waals surface area contributed by atoms with Gasteiger partial charge in [-0.2, -0.15) is 0 Å². The fourth-order valence-electron chi connectivity index (χ4n) is 3.44. The van der Waals surface area contributed by atoms with E-state index in [1.54, 1.807) is 0 Å². The molecule has 0 aliphatic carbocycles. The lowest BCUT2D eigenvalue weighted by Crippen LogP contribution is -2.49. The maximum absolute atomic E-state index is 12.7. The summed E-state index contributed by atoms with van der Waals surface area (Å²) in [5.74, 6) is -0.731. The zero-order valence-electron chi connectivity index (χ0n) is 21.4. The SMILES string of the molecule is COC(=O)CCNC(=O)[C@H](Cc1ccccc1)NC(=O)CCNC(=O)c1cc(OC)c(OC)c(OC)c1. The van der Waals surface area contributed by atoms with Gasteiger partial charge < -0.3 is 34.9 Å². The van der Waals surface area contributed by atoms with E-state index in [2.05, 4.69) is 20.7 Å². The minimum atomic E-state index is -0.863. The van der Waals surface area contributed by atoms with Crippen molar-refractivity contribution in [1.29, 1.82) is 0 Å². The normalized spacial score (nSPS) is 11.0. The Labute approximate surface area is 215 Å². The van der Waals surface area contributed by atoms with Crippen LogP contribution in [0.2, 0.25) is 0 Å². The van der Waals surface area contributed by atoms with Crippen LogP contribution in [0.3, 0.4) is 0 Å². The summed E-state index contributed by atoms with van der Waals surface area (Å²) in [6.45, 7) is 0.112. The lowest BCUT2D eigenvalue weighted by molar-refractivity contribution is -0.140. The molecule has 0 unspecified atom stereocenters. The second-order valence-electron chi connectivity index (χ2n) is 7.85. The van der Waals surface area contributed by atoms with Crippen molar-refractivity contribution in [2.24, 2.45) is 0 Å². The van der Waals surface area contributed by atoms with Gasteiger partial charge in [0.15, 0.2) is 11.5 Å². The molecule has 37 heavy (non-hydrogen) atoms. The van der Waals surface area contributed by atoms with Crippen molar-refractivity contribution in [3.8, 4) is 17.2 Å². The Morgan fingerprint density at radius 3 is 2.00 bits per heavy atom. The first-order valence-corrected chi connectivity index (χ1v) is 11.6. The summed E-state index contributed by atoms with van der Waals surface area (Å²) in [5, 5.41) is 8.02. The number of esters is 1. The van der Waals surface area contributed by atoms with Gasteiger partial charge in [-0.15, -0.1) is 0 Å². The molecular weight excluding hydrogens is 482 g/mol. The molecule has 0 aliphatic heterocycles. The average molecular weight is 516 g/mol. The summed E-state index contributed by atoms with van der Waals surface area (Å²) >= 11 is 0. The van der Waals surface area contributed by atoms with E-state index < -0.39 is 29.7 Å². The molecule has 2 aromatic rings. The Kier molecular flexibility index (Phi) is 11.7. The number of ether oxygens (including phenoxy) is 4. The quantitative estimate of drug-likeness (QED) is 0.319. The number of carbonyl (C=O) groups is 4. The molecule has 0 bridgehead atoms. The van der Waals surface area contributed by atoms with Gasteiger partial charge in [-0.3, -0.25) is 19.2 Å². The number of rotatable bonds is 14. The van der Waals surface area contributed by atoms with Crippen LogP contribution < -0.4 is 30.2 Å². The summed E-state index contributed by atoms with van der Waals surface area (Å²) < 4.78 is 20.4. The minimum Gasteiger partial charge on any atom is -0.493 e. The minimum absolute atomic E-state index is 0.0151. The molecule has 0 saturated carbocycles. The third kappa shape index (κ3) is 9.02. The monoisotopic (exact) mass is 515 g/mol. The highest BCUT2D eigenvalue weighted by Crippen LogP contribution is 2.38. The Balaban J connectivity index is 1.97. The lowest BCUT2D eigenvalue weighted by Gasteiger charge is -2.19. The first kappa shape index (κ1) is 29.0. The molecular formula is C26H33N3O8. The standard InChI is InChI=1S/C26H33N3O8/c1-34-20-15-18(16-21(35-2)24(20)37-4)25(32)27-12-10-22(30)29-19(14-17-8-6-5-7-9-17)26(33)28-13-11-23(31)36-3/h5-9,15-16,19H,10-14H2,1-4H3,(H,27,32)(H,28,33)(H,29,30)/t19-/m0/s1. The van der Waals surface area contributed by atoms with Crippen molar-refractivity contribution < 1.29 is 38.1 Å². The van der Waals surface area contributed by atoms with Crippen molar-refractivity contribution in [1.82, 2.24) is 16.0 Å². The van der Waals surface area contributed by atoms with Gasteiger partial charge in [0.25, 0.3) is 5.91 Å². The van der Waals surface area contributed by atoms with E-state index in [1.165, 1.54) is 40.6 Å². The maximum atomic E-state index is 12.7. The predicted octanol–water partition coefficient (Wildman–Crippen LogP) is 1.24. The molecule has 0 spiro atoms. The summed E-state index contributed by atoms with van der Waals surface area (Å²) in [6.07, 6.45) is 0.215. The van der Waals surface area contributed by atoms with Crippen LogP contribution in [0.25, 0.3) is 0 Å². The molecule has 11 nitrogen and oxygen atoms in total. The summed E-state index contributed by atoms with van der Waals surface area (Å²) in [7, 11) is 5.62. The van der Waals surface area contributed by atoms with Crippen molar-refractivity contribution in [3.63, 3.8) is 0 Å². The smallest absolute Gasteiger partial charge is 0.307 e. The average Bonchev–Trinajstić information content (AvgIpc) is 2.91. The molecule has 2 aromatic carbocycles. The van der Waals surface area contributed by atoms with Crippen molar-refractivity contribution in [3.05, 3.63) is 53.6 Å². The van der Waals surface area contributed by atoms with Gasteiger partial charge in [0, 0.05) is 31.5 Å². The zero-order valence-corrected chi connectivity index (χ0v) is 21.4. The van der Waals surface area contributed by atoms with E-state index in [1.807, 2.05) is 30.3 Å². The molecule has 0 heterocycles. The molecule has 0 aromatic heterocycles. The van der Waals surface area contributed by atoms with E-state index >= 15 is 0 Å². The Bertz CT molecular complexity index is 1050. The zero-order chi connectivity index (χ0) is 27.2. The van der Waals surface area contributed by atoms with Crippen LogP contribution in [0.1, 0.15) is 28.8 Å². The van der Waals surface area contributed by atoms with E-state index in [0.717, 1.165) is 5.56 Å². The Morgan fingerprint density at radius 2 is 1.43 bits per heavy atom. The number of benzene rings is 2. The molecule has 0 aliphatic rings. The highest BCUT2D eigenvalue weighted by Gasteiger charge is 2.22. The molecule has 3 N–H and O–H groups in total. The Morgan fingerprint density at radius 1 is 0.811 bits per heavy atom. The number of nitrogens with one attached hydrogen (secondary N) is 3. The number of carbonyl (C=O) groups excluding carboxylic acids is 4. The van der Waals surface area contributed by atoms with Crippen LogP contribution in [0, 0.1) is 0 Å². The summed E-state index contributed by atoms with van der Waals surface area (Å²) in [6, 6.07) is 11.4. The first-order chi connectivity index (χ1) is 17.8. The van der Waals surface area contributed by atoms with Crippen molar-refractivity contribution >= 4 is 23.7 Å². The molecule has 1 atom stereocenters. The van der Waals surface area contributed by atoms with Gasteiger partial charge in [-0.25, -0.2) is 0 Å². The van der Waals surface area contributed by atoms with E-state index in [0.29, 0.717) is 17.2 Å². The Hall–Kier alpha value is -4.28. The maximum Gasteiger partial charge on any atom is 0.307 e. The van der Waals surface area contributed by atoms with Crippen LogP contribution in [0.4, 0.5) is 0 Å². The van der Waals surface area contributed by atoms with Gasteiger partial charge in [0.2, 0.25) is 17.6 Å². The van der Waals surface area contributed by atoms with Crippen LogP contribution in [-0.4, -0.2) is 71.3 Å². The summed E-state index contributed by atoms with van der Waals surface area (Å²) in [5.41, 5.74) is 1.12. The van der Waals surface area contributed by atoms with Gasteiger partial charge in [-0.1, -0.05) is 30.3 Å². The van der Waals surface area contributed by atoms with Crippen LogP contribution >= 0.6 is 0 Å². The number of hydrogen-bond donors (Lipinski definition) is 3. The second-order valence-corrected chi connectivity index (χ2v) is 7.85. The summed E-state index contributed by atoms with van der Waals surface area (Å²) in [4.78, 5) is 49.3. The molecule has 0 radical (unpaired) electrons. The number of hydrogen-bond acceptors (Lipinski definition) is 8. The number of amides is 3. The highest BCUT2D eigenvalue weighted by molar-refractivity contribution is 5.96. The lowest BCUT2D eigenvalue weighted by atomic mass is 10.0. The third-order valence-electron chi connectivity index (χ3n) is 5.35. The largest absolute Gasteiger partial charge is 0.493 e. The highest BCUT2D eigenvalue weighted by atomic mass is 16.5. The second kappa shape index (κ2) is 15.0. The molecule has 3 amide bonds. The van der Waals surface area contributed by atoms with Crippen LogP contribution in [0.15, 0.2) is 42.5 Å². The van der Waals surface area contributed by atoms with Gasteiger partial charge >= 0.3 is 5.97 Å². The predicted molar refractivity (Wildman–Crippen MR) is 135 cm³/mol.